The molecule has 2 aromatic rings. The lowest BCUT2D eigenvalue weighted by Crippen LogP contribution is -2.65. The standard InChI is InChI=1S/C22H23ClN2O3S/c1-13(26)27-18-10-17-15(9-16(18)23)22(12-21(2,3)24-20(29)25-22)11-19(28-17)14-7-5-4-6-8-14/h4-10,19H,11-12H2,1-3H3,(H2,24,25,29)/t19-,22+/m1/s1. The molecule has 7 heteroatoms. The molecule has 0 aromatic heterocycles. The lowest BCUT2D eigenvalue weighted by Gasteiger charge is -2.51. The molecule has 4 rings (SSSR count). The second-order valence-corrected chi connectivity index (χ2v) is 9.13. The van der Waals surface area contributed by atoms with Crippen molar-refractivity contribution in [1.82, 2.24) is 10.6 Å². The molecule has 29 heavy (non-hydrogen) atoms. The first kappa shape index (κ1) is 20.0. The number of thiocarbonyl (C=S) groups is 1. The number of nitrogens with one attached hydrogen (secondary N) is 2. The largest absolute Gasteiger partial charge is 0.485 e. The minimum Gasteiger partial charge on any atom is -0.485 e. The Hall–Kier alpha value is -2.31. The zero-order chi connectivity index (χ0) is 20.8. The van der Waals surface area contributed by atoms with E-state index in [9.17, 15) is 4.79 Å². The van der Waals surface area contributed by atoms with E-state index in [-0.39, 0.29) is 17.4 Å². The maximum absolute atomic E-state index is 11.5. The van der Waals surface area contributed by atoms with Gasteiger partial charge in [-0.25, -0.2) is 0 Å². The average Bonchev–Trinajstić information content (AvgIpc) is 2.61. The lowest BCUT2D eigenvalue weighted by molar-refractivity contribution is -0.131. The van der Waals surface area contributed by atoms with Crippen molar-refractivity contribution >= 4 is 34.9 Å². The van der Waals surface area contributed by atoms with Crippen molar-refractivity contribution in [2.75, 3.05) is 0 Å². The van der Waals surface area contributed by atoms with E-state index < -0.39 is 11.5 Å². The van der Waals surface area contributed by atoms with Crippen molar-refractivity contribution in [2.45, 2.75) is 50.8 Å². The first-order chi connectivity index (χ1) is 13.7. The number of hydrogen-bond donors (Lipinski definition) is 2. The summed E-state index contributed by atoms with van der Waals surface area (Å²) in [6, 6.07) is 13.6. The molecule has 1 fully saturated rings. The summed E-state index contributed by atoms with van der Waals surface area (Å²) in [4.78, 5) is 11.5. The van der Waals surface area contributed by atoms with Crippen LogP contribution >= 0.6 is 23.8 Å². The summed E-state index contributed by atoms with van der Waals surface area (Å²) in [5.41, 5.74) is 1.32. The van der Waals surface area contributed by atoms with Gasteiger partial charge in [0.15, 0.2) is 10.9 Å². The van der Waals surface area contributed by atoms with Crippen molar-refractivity contribution in [3.05, 3.63) is 58.6 Å². The molecule has 5 nitrogen and oxygen atoms in total. The van der Waals surface area contributed by atoms with E-state index >= 15 is 0 Å². The molecule has 2 atom stereocenters. The van der Waals surface area contributed by atoms with E-state index in [4.69, 9.17) is 33.3 Å². The highest BCUT2D eigenvalue weighted by molar-refractivity contribution is 7.80. The fourth-order valence-corrected chi connectivity index (χ4v) is 5.07. The maximum atomic E-state index is 11.5. The van der Waals surface area contributed by atoms with Gasteiger partial charge in [0.2, 0.25) is 0 Å². The number of rotatable bonds is 2. The highest BCUT2D eigenvalue weighted by Gasteiger charge is 2.49. The minimum absolute atomic E-state index is 0.181. The Morgan fingerprint density at radius 1 is 1.24 bits per heavy atom. The Morgan fingerprint density at radius 3 is 2.62 bits per heavy atom. The summed E-state index contributed by atoms with van der Waals surface area (Å²) in [6.07, 6.45) is 1.29. The van der Waals surface area contributed by atoms with Crippen molar-refractivity contribution in [1.29, 1.82) is 0 Å². The van der Waals surface area contributed by atoms with Crippen molar-refractivity contribution in [3.63, 3.8) is 0 Å². The highest BCUT2D eigenvalue weighted by atomic mass is 35.5. The molecule has 0 amide bonds. The molecule has 1 spiro atoms. The van der Waals surface area contributed by atoms with Gasteiger partial charge in [0.1, 0.15) is 11.9 Å². The van der Waals surface area contributed by atoms with Crippen LogP contribution in [0.25, 0.3) is 0 Å². The second-order valence-electron chi connectivity index (χ2n) is 8.32. The molecule has 0 aliphatic carbocycles. The summed E-state index contributed by atoms with van der Waals surface area (Å²) in [5, 5.41) is 7.81. The number of esters is 1. The zero-order valence-electron chi connectivity index (χ0n) is 16.5. The SMILES string of the molecule is CC(=O)Oc1cc2c(cc1Cl)[C@]1(C[C@H](c3ccccc3)O2)CC(C)(C)NC(=S)N1. The van der Waals surface area contributed by atoms with E-state index in [0.29, 0.717) is 22.3 Å². The van der Waals surface area contributed by atoms with Crippen molar-refractivity contribution in [2.24, 2.45) is 0 Å². The van der Waals surface area contributed by atoms with Crippen LogP contribution in [0.4, 0.5) is 0 Å². The fraction of sp³-hybridized carbons (Fsp3) is 0.364. The Bertz CT molecular complexity index is 980. The number of fused-ring (bicyclic) bond motifs is 2. The minimum atomic E-state index is -0.460. The summed E-state index contributed by atoms with van der Waals surface area (Å²) < 4.78 is 11.7. The summed E-state index contributed by atoms with van der Waals surface area (Å²) >= 11 is 12.0. The van der Waals surface area contributed by atoms with Gasteiger partial charge in [-0.2, -0.15) is 0 Å². The lowest BCUT2D eigenvalue weighted by atomic mass is 9.72. The first-order valence-electron chi connectivity index (χ1n) is 9.52. The fourth-order valence-electron chi connectivity index (χ4n) is 4.40. The summed E-state index contributed by atoms with van der Waals surface area (Å²) in [6.45, 7) is 5.60. The van der Waals surface area contributed by atoms with Crippen LogP contribution in [0.15, 0.2) is 42.5 Å². The molecule has 0 bridgehead atoms. The smallest absolute Gasteiger partial charge is 0.308 e. The van der Waals surface area contributed by atoms with Crippen LogP contribution in [0.2, 0.25) is 5.02 Å². The molecule has 2 N–H and O–H groups in total. The Morgan fingerprint density at radius 2 is 1.97 bits per heavy atom. The third-order valence-corrected chi connectivity index (χ3v) is 5.83. The third-order valence-electron chi connectivity index (χ3n) is 5.33. The number of halogens is 1. The van der Waals surface area contributed by atoms with Gasteiger partial charge in [0.05, 0.1) is 10.6 Å². The molecular weight excluding hydrogens is 408 g/mol. The van der Waals surface area contributed by atoms with Crippen molar-refractivity contribution < 1.29 is 14.3 Å². The zero-order valence-corrected chi connectivity index (χ0v) is 18.1. The average molecular weight is 431 g/mol. The number of carbonyl (C=O) groups is 1. The monoisotopic (exact) mass is 430 g/mol. The molecule has 0 unspecified atom stereocenters. The number of hydrogen-bond acceptors (Lipinski definition) is 4. The van der Waals surface area contributed by atoms with E-state index in [1.807, 2.05) is 24.3 Å². The van der Waals surface area contributed by atoms with Gasteiger partial charge in [-0.15, -0.1) is 0 Å². The number of benzene rings is 2. The number of ether oxygens (including phenoxy) is 2. The second kappa shape index (κ2) is 7.18. The number of carbonyl (C=O) groups excluding carboxylic acids is 1. The van der Waals surface area contributed by atoms with Gasteiger partial charge in [-0.05, 0) is 44.1 Å². The van der Waals surface area contributed by atoms with E-state index in [2.05, 4.69) is 36.6 Å². The van der Waals surface area contributed by atoms with Crippen LogP contribution in [0, 0.1) is 0 Å². The van der Waals surface area contributed by atoms with Gasteiger partial charge >= 0.3 is 5.97 Å². The van der Waals surface area contributed by atoms with Crippen LogP contribution in [-0.4, -0.2) is 16.6 Å². The van der Waals surface area contributed by atoms with Crippen LogP contribution in [0.3, 0.4) is 0 Å². The Kier molecular flexibility index (Phi) is 4.95. The maximum Gasteiger partial charge on any atom is 0.308 e. The van der Waals surface area contributed by atoms with Gasteiger partial charge < -0.3 is 20.1 Å². The van der Waals surface area contributed by atoms with Crippen LogP contribution in [0.5, 0.6) is 11.5 Å². The normalized spacial score (nSPS) is 24.7. The highest BCUT2D eigenvalue weighted by Crippen LogP contribution is 2.51. The van der Waals surface area contributed by atoms with Crippen molar-refractivity contribution in [3.8, 4) is 11.5 Å². The molecule has 152 valence electrons. The topological polar surface area (TPSA) is 59.6 Å². The Labute approximate surface area is 180 Å². The van der Waals surface area contributed by atoms with Crippen LogP contribution < -0.4 is 20.1 Å². The predicted octanol–water partition coefficient (Wildman–Crippen LogP) is 4.63. The molecule has 2 aromatic carbocycles. The first-order valence-corrected chi connectivity index (χ1v) is 10.3. The molecule has 0 radical (unpaired) electrons. The third kappa shape index (κ3) is 3.91. The van der Waals surface area contributed by atoms with E-state index in [1.54, 1.807) is 6.07 Å². The van der Waals surface area contributed by atoms with Gasteiger partial charge in [0, 0.05) is 30.5 Å². The molecular formula is C22H23ClN2O3S. The quantitative estimate of drug-likeness (QED) is 0.411. The van der Waals surface area contributed by atoms with Gasteiger partial charge in [-0.3, -0.25) is 4.79 Å². The van der Waals surface area contributed by atoms with Crippen LogP contribution in [-0.2, 0) is 10.3 Å². The predicted molar refractivity (Wildman–Crippen MR) is 116 cm³/mol. The molecule has 1 saturated heterocycles. The Balaban J connectivity index is 1.86. The molecule has 2 aliphatic heterocycles. The molecule has 2 aliphatic rings. The van der Waals surface area contributed by atoms with E-state index in [1.165, 1.54) is 6.92 Å². The summed E-state index contributed by atoms with van der Waals surface area (Å²) in [5.74, 6) is 0.496. The van der Waals surface area contributed by atoms with E-state index in [0.717, 1.165) is 17.5 Å². The van der Waals surface area contributed by atoms with Crippen LogP contribution in [0.1, 0.15) is 50.8 Å². The summed E-state index contributed by atoms with van der Waals surface area (Å²) in [7, 11) is 0. The molecule has 2 heterocycles. The molecule has 0 saturated carbocycles. The van der Waals surface area contributed by atoms with Gasteiger partial charge in [-0.1, -0.05) is 41.9 Å². The van der Waals surface area contributed by atoms with Gasteiger partial charge in [0.25, 0.3) is 0 Å².